The van der Waals surface area contributed by atoms with Gasteiger partial charge in [-0.1, -0.05) is 31.0 Å². The van der Waals surface area contributed by atoms with Gasteiger partial charge in [0.05, 0.1) is 5.52 Å². The van der Waals surface area contributed by atoms with Crippen LogP contribution < -0.4 is 0 Å². The highest BCUT2D eigenvalue weighted by Gasteiger charge is 2.54. The fourth-order valence-corrected chi connectivity index (χ4v) is 3.79. The van der Waals surface area contributed by atoms with E-state index in [1.807, 2.05) is 30.3 Å². The molecule has 4 rings (SSSR count). The lowest BCUT2D eigenvalue weighted by Gasteiger charge is -2.04. The quantitative estimate of drug-likeness (QED) is 0.759. The van der Waals surface area contributed by atoms with Gasteiger partial charge >= 0.3 is 0 Å². The molecule has 0 N–H and O–H groups in total. The largest absolute Gasteiger partial charge is 0.294 e. The number of ketones is 1. The Morgan fingerprint density at radius 1 is 1.11 bits per heavy atom. The van der Waals surface area contributed by atoms with Gasteiger partial charge in [-0.15, -0.1) is 0 Å². The molecule has 1 aromatic heterocycles. The molecule has 2 saturated carbocycles. The van der Waals surface area contributed by atoms with E-state index in [9.17, 15) is 4.79 Å². The Morgan fingerprint density at radius 3 is 2.68 bits per heavy atom. The van der Waals surface area contributed by atoms with Gasteiger partial charge in [0, 0.05) is 23.1 Å². The van der Waals surface area contributed by atoms with Crippen LogP contribution in [0.3, 0.4) is 0 Å². The number of benzene rings is 1. The van der Waals surface area contributed by atoms with Crippen LogP contribution in [0.25, 0.3) is 10.9 Å². The Balaban J connectivity index is 1.65. The number of pyridine rings is 1. The number of Topliss-reactive ketones (excluding diaryl/α,β-unsaturated/α-hetero) is 1. The van der Waals surface area contributed by atoms with Crippen molar-refractivity contribution in [3.63, 3.8) is 0 Å². The molecule has 2 aliphatic rings. The van der Waals surface area contributed by atoms with E-state index in [4.69, 9.17) is 0 Å². The normalized spacial score (nSPS) is 28.9. The Labute approximate surface area is 112 Å². The summed E-state index contributed by atoms with van der Waals surface area (Å²) < 4.78 is 0. The monoisotopic (exact) mass is 251 g/mol. The number of hydrogen-bond donors (Lipinski definition) is 0. The van der Waals surface area contributed by atoms with Gasteiger partial charge in [0.1, 0.15) is 0 Å². The Morgan fingerprint density at radius 2 is 1.89 bits per heavy atom. The zero-order valence-corrected chi connectivity index (χ0v) is 10.9. The van der Waals surface area contributed by atoms with Gasteiger partial charge in [-0.25, -0.2) is 0 Å². The average molecular weight is 251 g/mol. The van der Waals surface area contributed by atoms with Crippen LogP contribution in [0.2, 0.25) is 0 Å². The molecule has 19 heavy (non-hydrogen) atoms. The van der Waals surface area contributed by atoms with E-state index in [0.29, 0.717) is 23.5 Å². The van der Waals surface area contributed by atoms with Crippen molar-refractivity contribution in [2.75, 3.05) is 0 Å². The summed E-state index contributed by atoms with van der Waals surface area (Å²) in [6.07, 6.45) is 6.92. The highest BCUT2D eigenvalue weighted by atomic mass is 16.1. The number of nitrogens with zero attached hydrogens (tertiary/aromatic N) is 1. The molecule has 2 fully saturated rings. The fraction of sp³-hybridized carbons (Fsp3) is 0.412. The van der Waals surface area contributed by atoms with Crippen LogP contribution >= 0.6 is 0 Å². The van der Waals surface area contributed by atoms with Crippen molar-refractivity contribution in [1.29, 1.82) is 0 Å². The lowest BCUT2D eigenvalue weighted by atomic mass is 10.0. The molecule has 0 bridgehead atoms. The van der Waals surface area contributed by atoms with Gasteiger partial charge in [0.25, 0.3) is 0 Å². The van der Waals surface area contributed by atoms with Gasteiger partial charge in [-0.3, -0.25) is 9.78 Å². The van der Waals surface area contributed by atoms with Crippen molar-refractivity contribution in [1.82, 2.24) is 4.98 Å². The first-order valence-electron chi connectivity index (χ1n) is 7.23. The molecule has 2 nitrogen and oxygen atoms in total. The van der Waals surface area contributed by atoms with E-state index < -0.39 is 0 Å². The maximum Gasteiger partial charge on any atom is 0.166 e. The first kappa shape index (κ1) is 11.2. The number of aromatic nitrogens is 1. The van der Waals surface area contributed by atoms with Crippen LogP contribution in [-0.2, 0) is 0 Å². The molecule has 1 heterocycles. The van der Waals surface area contributed by atoms with Crippen molar-refractivity contribution in [3.8, 4) is 0 Å². The Bertz CT molecular complexity index is 637. The molecule has 2 atom stereocenters. The SMILES string of the molecule is O=C(c1ccc2cccnc2c1)C1C2CCCCC21. The molecule has 2 aliphatic carbocycles. The van der Waals surface area contributed by atoms with Crippen LogP contribution in [0.1, 0.15) is 36.0 Å². The summed E-state index contributed by atoms with van der Waals surface area (Å²) in [5.41, 5.74) is 1.78. The minimum atomic E-state index is 0.309. The van der Waals surface area contributed by atoms with Crippen LogP contribution in [0.15, 0.2) is 36.5 Å². The molecular formula is C17H17NO. The maximum absolute atomic E-state index is 12.6. The zero-order chi connectivity index (χ0) is 12.8. The predicted molar refractivity (Wildman–Crippen MR) is 75.0 cm³/mol. The van der Waals surface area contributed by atoms with Gasteiger partial charge in [0.15, 0.2) is 5.78 Å². The second kappa shape index (κ2) is 4.16. The highest BCUT2D eigenvalue weighted by Crippen LogP contribution is 2.56. The lowest BCUT2D eigenvalue weighted by Crippen LogP contribution is -2.04. The summed E-state index contributed by atoms with van der Waals surface area (Å²) in [7, 11) is 0. The molecule has 0 amide bonds. The number of rotatable bonds is 2. The van der Waals surface area contributed by atoms with E-state index in [1.54, 1.807) is 6.20 Å². The summed E-state index contributed by atoms with van der Waals surface area (Å²) >= 11 is 0. The molecular weight excluding hydrogens is 234 g/mol. The third-order valence-corrected chi connectivity index (χ3v) is 4.85. The van der Waals surface area contributed by atoms with Gasteiger partial charge in [-0.05, 0) is 36.8 Å². The Hall–Kier alpha value is -1.70. The van der Waals surface area contributed by atoms with Crippen LogP contribution in [0.5, 0.6) is 0 Å². The first-order valence-corrected chi connectivity index (χ1v) is 7.23. The fourth-order valence-electron chi connectivity index (χ4n) is 3.79. The van der Waals surface area contributed by atoms with Gasteiger partial charge < -0.3 is 0 Å². The summed E-state index contributed by atoms with van der Waals surface area (Å²) in [4.78, 5) is 16.9. The van der Waals surface area contributed by atoms with E-state index in [0.717, 1.165) is 16.5 Å². The predicted octanol–water partition coefficient (Wildman–Crippen LogP) is 3.85. The van der Waals surface area contributed by atoms with E-state index in [-0.39, 0.29) is 0 Å². The second-order valence-corrected chi connectivity index (χ2v) is 5.91. The minimum absolute atomic E-state index is 0.309. The van der Waals surface area contributed by atoms with E-state index >= 15 is 0 Å². The summed E-state index contributed by atoms with van der Waals surface area (Å²) in [5, 5.41) is 1.10. The minimum Gasteiger partial charge on any atom is -0.294 e. The summed E-state index contributed by atoms with van der Waals surface area (Å²) in [5.74, 6) is 2.02. The Kier molecular flexibility index (Phi) is 2.44. The average Bonchev–Trinajstić information content (AvgIpc) is 3.20. The summed E-state index contributed by atoms with van der Waals surface area (Å²) in [6.45, 7) is 0. The smallest absolute Gasteiger partial charge is 0.166 e. The molecule has 0 spiro atoms. The standard InChI is InChI=1S/C17H17NO/c19-17(16-13-5-1-2-6-14(13)16)12-8-7-11-4-3-9-18-15(11)10-12/h3-4,7-10,13-14,16H,1-2,5-6H2. The van der Waals surface area contributed by atoms with Crippen LogP contribution in [0.4, 0.5) is 0 Å². The third kappa shape index (κ3) is 1.78. The van der Waals surface area contributed by atoms with E-state index in [2.05, 4.69) is 4.98 Å². The molecule has 0 saturated heterocycles. The number of carbonyl (C=O) groups is 1. The van der Waals surface area contributed by atoms with Crippen molar-refractivity contribution in [3.05, 3.63) is 42.1 Å². The molecule has 96 valence electrons. The topological polar surface area (TPSA) is 30.0 Å². The third-order valence-electron chi connectivity index (χ3n) is 4.85. The second-order valence-electron chi connectivity index (χ2n) is 5.91. The van der Waals surface area contributed by atoms with Crippen molar-refractivity contribution < 1.29 is 4.79 Å². The highest BCUT2D eigenvalue weighted by molar-refractivity contribution is 6.02. The molecule has 0 aliphatic heterocycles. The zero-order valence-electron chi connectivity index (χ0n) is 10.9. The van der Waals surface area contributed by atoms with Crippen molar-refractivity contribution in [2.45, 2.75) is 25.7 Å². The number of fused-ring (bicyclic) bond motifs is 2. The molecule has 0 radical (unpaired) electrons. The van der Waals surface area contributed by atoms with Gasteiger partial charge in [-0.2, -0.15) is 0 Å². The number of hydrogen-bond acceptors (Lipinski definition) is 2. The molecule has 2 unspecified atom stereocenters. The lowest BCUT2D eigenvalue weighted by molar-refractivity contribution is 0.0956. The van der Waals surface area contributed by atoms with Crippen LogP contribution in [-0.4, -0.2) is 10.8 Å². The molecule has 2 heteroatoms. The van der Waals surface area contributed by atoms with Crippen LogP contribution in [0, 0.1) is 17.8 Å². The molecule has 2 aromatic rings. The maximum atomic E-state index is 12.6. The van der Waals surface area contributed by atoms with E-state index in [1.165, 1.54) is 25.7 Å². The van der Waals surface area contributed by atoms with Gasteiger partial charge in [0.2, 0.25) is 0 Å². The van der Waals surface area contributed by atoms with Crippen molar-refractivity contribution in [2.24, 2.45) is 17.8 Å². The first-order chi connectivity index (χ1) is 9.34. The summed E-state index contributed by atoms with van der Waals surface area (Å²) in [6, 6.07) is 9.91. The van der Waals surface area contributed by atoms with Crippen molar-refractivity contribution >= 4 is 16.7 Å². The number of carbonyl (C=O) groups excluding carboxylic acids is 1. The molecule has 1 aromatic carbocycles.